The molecule has 2 rings (SSSR count). The van der Waals surface area contributed by atoms with Crippen LogP contribution in [-0.2, 0) is 4.79 Å². The second-order valence-corrected chi connectivity index (χ2v) is 5.23. The molecule has 19 heavy (non-hydrogen) atoms. The quantitative estimate of drug-likeness (QED) is 0.898. The summed E-state index contributed by atoms with van der Waals surface area (Å²) in [6, 6.07) is 3.63. The number of hydrogen-bond donors (Lipinski definition) is 1. The molecule has 0 aliphatic carbocycles. The Morgan fingerprint density at radius 3 is 2.63 bits per heavy atom. The van der Waals surface area contributed by atoms with E-state index in [0.29, 0.717) is 6.54 Å². The van der Waals surface area contributed by atoms with Crippen LogP contribution in [0.4, 0.5) is 4.39 Å². The van der Waals surface area contributed by atoms with Crippen molar-refractivity contribution in [2.45, 2.75) is 6.92 Å². The summed E-state index contributed by atoms with van der Waals surface area (Å²) in [5.74, 6) is -1.54. The first-order chi connectivity index (χ1) is 8.90. The van der Waals surface area contributed by atoms with Crippen molar-refractivity contribution in [1.29, 1.82) is 0 Å². The summed E-state index contributed by atoms with van der Waals surface area (Å²) in [5.41, 5.74) is 5.52. The summed E-state index contributed by atoms with van der Waals surface area (Å²) in [6.45, 7) is 2.60. The summed E-state index contributed by atoms with van der Waals surface area (Å²) in [6.07, 6.45) is 0. The minimum atomic E-state index is -0.494. The van der Waals surface area contributed by atoms with Crippen molar-refractivity contribution >= 4 is 23.4 Å². The molecular weight excluding hydrogens is 271 g/mol. The summed E-state index contributed by atoms with van der Waals surface area (Å²) in [4.78, 5) is 25.0. The highest BCUT2D eigenvalue weighted by molar-refractivity contribution is 6.33. The number of carbonyl (C=O) groups is 2. The Morgan fingerprint density at radius 1 is 1.42 bits per heavy atom. The lowest BCUT2D eigenvalue weighted by Crippen LogP contribution is -2.32. The third-order valence-electron chi connectivity index (χ3n) is 3.43. The van der Waals surface area contributed by atoms with Crippen molar-refractivity contribution in [3.05, 3.63) is 34.6 Å². The molecule has 1 aromatic rings. The monoisotopic (exact) mass is 284 g/mol. The van der Waals surface area contributed by atoms with Crippen LogP contribution >= 0.6 is 11.6 Å². The molecule has 0 aromatic heterocycles. The molecule has 1 aromatic carbocycles. The van der Waals surface area contributed by atoms with Crippen LogP contribution in [0.3, 0.4) is 0 Å². The fourth-order valence-corrected chi connectivity index (χ4v) is 2.58. The van der Waals surface area contributed by atoms with Gasteiger partial charge < -0.3 is 10.6 Å². The smallest absolute Gasteiger partial charge is 0.255 e. The van der Waals surface area contributed by atoms with E-state index in [1.54, 1.807) is 0 Å². The van der Waals surface area contributed by atoms with Gasteiger partial charge in [0.15, 0.2) is 0 Å². The Bertz CT molecular complexity index is 535. The van der Waals surface area contributed by atoms with Gasteiger partial charge in [-0.25, -0.2) is 4.39 Å². The van der Waals surface area contributed by atoms with E-state index in [1.165, 1.54) is 17.0 Å². The SMILES string of the molecule is C[C@@H]1CN(C(=O)c2ccc(F)cc2Cl)C[C@H]1C(N)=O. The third kappa shape index (κ3) is 2.71. The Hall–Kier alpha value is -1.62. The van der Waals surface area contributed by atoms with E-state index >= 15 is 0 Å². The predicted octanol–water partition coefficient (Wildman–Crippen LogP) is 1.67. The maximum Gasteiger partial charge on any atom is 0.255 e. The van der Waals surface area contributed by atoms with Crippen LogP contribution < -0.4 is 5.73 Å². The number of amides is 2. The van der Waals surface area contributed by atoms with Crippen LogP contribution in [0.15, 0.2) is 18.2 Å². The summed E-state index contributed by atoms with van der Waals surface area (Å²) >= 11 is 5.86. The van der Waals surface area contributed by atoms with Crippen molar-refractivity contribution in [3.63, 3.8) is 0 Å². The molecule has 102 valence electrons. The van der Waals surface area contributed by atoms with E-state index in [0.717, 1.165) is 6.07 Å². The van der Waals surface area contributed by atoms with E-state index in [9.17, 15) is 14.0 Å². The van der Waals surface area contributed by atoms with E-state index in [2.05, 4.69) is 0 Å². The van der Waals surface area contributed by atoms with Crippen LogP contribution in [0.1, 0.15) is 17.3 Å². The highest BCUT2D eigenvalue weighted by atomic mass is 35.5. The van der Waals surface area contributed by atoms with E-state index in [1.807, 2.05) is 6.92 Å². The highest BCUT2D eigenvalue weighted by Crippen LogP contribution is 2.26. The average Bonchev–Trinajstić information content (AvgIpc) is 2.70. The number of rotatable bonds is 2. The fraction of sp³-hybridized carbons (Fsp3) is 0.385. The molecule has 4 nitrogen and oxygen atoms in total. The lowest BCUT2D eigenvalue weighted by atomic mass is 9.98. The topological polar surface area (TPSA) is 63.4 Å². The van der Waals surface area contributed by atoms with Gasteiger partial charge in [0.1, 0.15) is 5.82 Å². The van der Waals surface area contributed by atoms with Gasteiger partial charge in [0.25, 0.3) is 5.91 Å². The first-order valence-corrected chi connectivity index (χ1v) is 6.31. The van der Waals surface area contributed by atoms with Crippen molar-refractivity contribution in [1.82, 2.24) is 4.90 Å². The largest absolute Gasteiger partial charge is 0.369 e. The standard InChI is InChI=1S/C13H14ClFN2O2/c1-7-5-17(6-10(7)12(16)18)13(19)9-3-2-8(15)4-11(9)14/h2-4,7,10H,5-6H2,1H3,(H2,16,18)/t7-,10-/m1/s1. The van der Waals surface area contributed by atoms with Gasteiger partial charge in [-0.15, -0.1) is 0 Å². The van der Waals surface area contributed by atoms with Crippen molar-refractivity contribution in [3.8, 4) is 0 Å². The van der Waals surface area contributed by atoms with E-state index in [-0.39, 0.29) is 34.9 Å². The number of likely N-dealkylation sites (tertiary alicyclic amines) is 1. The van der Waals surface area contributed by atoms with Gasteiger partial charge in [-0.1, -0.05) is 18.5 Å². The molecule has 1 aliphatic heterocycles. The number of benzene rings is 1. The van der Waals surface area contributed by atoms with Gasteiger partial charge in [-0.3, -0.25) is 9.59 Å². The van der Waals surface area contributed by atoms with Crippen molar-refractivity contribution in [2.24, 2.45) is 17.6 Å². The molecule has 2 amide bonds. The number of halogens is 2. The van der Waals surface area contributed by atoms with Gasteiger partial charge in [0.2, 0.25) is 5.91 Å². The first kappa shape index (κ1) is 13.8. The summed E-state index contributed by atoms with van der Waals surface area (Å²) in [7, 11) is 0. The van der Waals surface area contributed by atoms with Crippen LogP contribution in [0.25, 0.3) is 0 Å². The number of nitrogens with two attached hydrogens (primary N) is 1. The molecule has 0 spiro atoms. The fourth-order valence-electron chi connectivity index (χ4n) is 2.34. The Kier molecular flexibility index (Phi) is 3.75. The molecule has 1 saturated heterocycles. The molecule has 2 atom stereocenters. The molecule has 1 heterocycles. The molecule has 6 heteroatoms. The van der Waals surface area contributed by atoms with Gasteiger partial charge in [0, 0.05) is 13.1 Å². The Morgan fingerprint density at radius 2 is 2.11 bits per heavy atom. The lowest BCUT2D eigenvalue weighted by molar-refractivity contribution is -0.122. The van der Waals surface area contributed by atoms with Crippen LogP contribution in [0.2, 0.25) is 5.02 Å². The number of carbonyl (C=O) groups excluding carboxylic acids is 2. The zero-order valence-electron chi connectivity index (χ0n) is 10.4. The summed E-state index contributed by atoms with van der Waals surface area (Å²) < 4.78 is 12.9. The van der Waals surface area contributed by atoms with Crippen LogP contribution in [-0.4, -0.2) is 29.8 Å². The highest BCUT2D eigenvalue weighted by Gasteiger charge is 2.36. The normalized spacial score (nSPS) is 22.6. The maximum absolute atomic E-state index is 12.9. The third-order valence-corrected chi connectivity index (χ3v) is 3.74. The molecule has 2 N–H and O–H groups in total. The van der Waals surface area contributed by atoms with Gasteiger partial charge in [-0.2, -0.15) is 0 Å². The molecule has 0 saturated carbocycles. The Labute approximate surface area is 115 Å². The minimum absolute atomic E-state index is 0.0145. The Balaban J connectivity index is 2.19. The maximum atomic E-state index is 12.9. The number of nitrogens with zero attached hydrogens (tertiary/aromatic N) is 1. The molecular formula is C13H14ClFN2O2. The van der Waals surface area contributed by atoms with E-state index in [4.69, 9.17) is 17.3 Å². The van der Waals surface area contributed by atoms with Crippen molar-refractivity contribution < 1.29 is 14.0 Å². The van der Waals surface area contributed by atoms with Gasteiger partial charge in [-0.05, 0) is 24.1 Å². The minimum Gasteiger partial charge on any atom is -0.369 e. The van der Waals surface area contributed by atoms with Gasteiger partial charge >= 0.3 is 0 Å². The zero-order chi connectivity index (χ0) is 14.2. The average molecular weight is 285 g/mol. The zero-order valence-corrected chi connectivity index (χ0v) is 11.2. The second-order valence-electron chi connectivity index (χ2n) is 4.82. The molecule has 0 unspecified atom stereocenters. The molecule has 0 bridgehead atoms. The first-order valence-electron chi connectivity index (χ1n) is 5.93. The molecule has 0 radical (unpaired) electrons. The number of hydrogen-bond acceptors (Lipinski definition) is 2. The van der Waals surface area contributed by atoms with Crippen molar-refractivity contribution in [2.75, 3.05) is 13.1 Å². The number of primary amides is 1. The van der Waals surface area contributed by atoms with Crippen LogP contribution in [0.5, 0.6) is 0 Å². The molecule has 1 fully saturated rings. The second kappa shape index (κ2) is 5.17. The van der Waals surface area contributed by atoms with Crippen LogP contribution in [0, 0.1) is 17.7 Å². The lowest BCUT2D eigenvalue weighted by Gasteiger charge is -2.16. The van der Waals surface area contributed by atoms with E-state index < -0.39 is 11.7 Å². The molecule has 1 aliphatic rings. The van der Waals surface area contributed by atoms with Gasteiger partial charge in [0.05, 0.1) is 16.5 Å². The summed E-state index contributed by atoms with van der Waals surface area (Å²) in [5, 5.41) is 0.0696. The predicted molar refractivity (Wildman–Crippen MR) is 69.2 cm³/mol.